The van der Waals surface area contributed by atoms with Crippen molar-refractivity contribution in [2.24, 2.45) is 11.8 Å². The standard InChI is InChI=1S/C27H33N5OS/c1-20-4-6-21(7-5-20)18-31-13-10-22(19-31)17-28-27(33)23-11-14-32(15-12-23)26-9-8-24(29-30-26)25-3-2-16-34-25/h2-9,16,22-23H,10-15,17-19H2,1H3,(H,28,33)/t22-/m1/s1. The number of nitrogens with one attached hydrogen (secondary N) is 1. The van der Waals surface area contributed by atoms with Crippen LogP contribution in [0.5, 0.6) is 0 Å². The maximum absolute atomic E-state index is 12.8. The number of piperidine rings is 1. The van der Waals surface area contributed by atoms with E-state index < -0.39 is 0 Å². The number of aryl methyl sites for hydroxylation is 1. The number of amides is 1. The fourth-order valence-corrected chi connectivity index (χ4v) is 5.67. The second kappa shape index (κ2) is 10.7. The molecule has 0 aliphatic carbocycles. The van der Waals surface area contributed by atoms with Crippen LogP contribution in [-0.2, 0) is 11.3 Å². The van der Waals surface area contributed by atoms with Gasteiger partial charge in [-0.25, -0.2) is 0 Å². The topological polar surface area (TPSA) is 61.4 Å². The summed E-state index contributed by atoms with van der Waals surface area (Å²) in [5.74, 6) is 1.76. The Morgan fingerprint density at radius 3 is 2.56 bits per heavy atom. The normalized spacial score (nSPS) is 19.4. The lowest BCUT2D eigenvalue weighted by Gasteiger charge is -2.32. The van der Waals surface area contributed by atoms with Crippen LogP contribution in [0.25, 0.3) is 10.6 Å². The maximum Gasteiger partial charge on any atom is 0.223 e. The molecule has 0 spiro atoms. The van der Waals surface area contributed by atoms with E-state index in [9.17, 15) is 4.79 Å². The molecule has 6 nitrogen and oxygen atoms in total. The van der Waals surface area contributed by atoms with E-state index in [1.54, 1.807) is 11.3 Å². The molecule has 0 saturated carbocycles. The Morgan fingerprint density at radius 1 is 1.03 bits per heavy atom. The van der Waals surface area contributed by atoms with Crippen molar-refractivity contribution in [3.8, 4) is 10.6 Å². The number of hydrogen-bond donors (Lipinski definition) is 1. The molecule has 2 aromatic heterocycles. The van der Waals surface area contributed by atoms with E-state index in [1.807, 2.05) is 18.2 Å². The van der Waals surface area contributed by atoms with Crippen molar-refractivity contribution < 1.29 is 4.79 Å². The molecule has 2 fully saturated rings. The number of carbonyl (C=O) groups excluding carboxylic acids is 1. The fourth-order valence-electron chi connectivity index (χ4n) is 4.98. The van der Waals surface area contributed by atoms with Crippen molar-refractivity contribution in [1.82, 2.24) is 20.4 Å². The number of aromatic nitrogens is 2. The van der Waals surface area contributed by atoms with Crippen molar-refractivity contribution in [2.45, 2.75) is 32.7 Å². The quantitative estimate of drug-likeness (QED) is 0.550. The van der Waals surface area contributed by atoms with Crippen molar-refractivity contribution in [3.05, 3.63) is 65.0 Å². The third-order valence-corrected chi connectivity index (χ3v) is 7.97. The predicted octanol–water partition coefficient (Wildman–Crippen LogP) is 4.37. The van der Waals surface area contributed by atoms with E-state index in [0.717, 1.165) is 74.9 Å². The van der Waals surface area contributed by atoms with Gasteiger partial charge in [-0.3, -0.25) is 9.69 Å². The second-order valence-corrected chi connectivity index (χ2v) is 10.6. The van der Waals surface area contributed by atoms with Gasteiger partial charge in [-0.2, -0.15) is 0 Å². The van der Waals surface area contributed by atoms with E-state index in [0.29, 0.717) is 5.92 Å². The molecule has 0 bridgehead atoms. The molecule has 1 N–H and O–H groups in total. The highest BCUT2D eigenvalue weighted by Gasteiger charge is 2.28. The average molecular weight is 476 g/mol. The number of carbonyl (C=O) groups is 1. The van der Waals surface area contributed by atoms with Crippen molar-refractivity contribution in [1.29, 1.82) is 0 Å². The first-order valence-electron chi connectivity index (χ1n) is 12.3. The number of hydrogen-bond acceptors (Lipinski definition) is 6. The van der Waals surface area contributed by atoms with Crippen LogP contribution in [0.4, 0.5) is 5.82 Å². The summed E-state index contributed by atoms with van der Waals surface area (Å²) in [4.78, 5) is 18.7. The van der Waals surface area contributed by atoms with Crippen LogP contribution in [-0.4, -0.2) is 53.7 Å². The van der Waals surface area contributed by atoms with Crippen LogP contribution in [0.2, 0.25) is 0 Å². The Morgan fingerprint density at radius 2 is 1.85 bits per heavy atom. The predicted molar refractivity (Wildman–Crippen MR) is 138 cm³/mol. The van der Waals surface area contributed by atoms with Crippen LogP contribution in [0.1, 0.15) is 30.4 Å². The van der Waals surface area contributed by atoms with Gasteiger partial charge in [-0.15, -0.1) is 21.5 Å². The third kappa shape index (κ3) is 5.65. The van der Waals surface area contributed by atoms with Crippen LogP contribution in [0.15, 0.2) is 53.9 Å². The molecule has 178 valence electrons. The van der Waals surface area contributed by atoms with Gasteiger partial charge in [-0.1, -0.05) is 35.9 Å². The molecule has 5 rings (SSSR count). The maximum atomic E-state index is 12.8. The summed E-state index contributed by atoms with van der Waals surface area (Å²) in [5, 5.41) is 14.1. The second-order valence-electron chi connectivity index (χ2n) is 9.64. The van der Waals surface area contributed by atoms with E-state index in [4.69, 9.17) is 0 Å². The van der Waals surface area contributed by atoms with E-state index in [-0.39, 0.29) is 11.8 Å². The summed E-state index contributed by atoms with van der Waals surface area (Å²) in [7, 11) is 0. The number of rotatable bonds is 7. The highest BCUT2D eigenvalue weighted by molar-refractivity contribution is 7.13. The summed E-state index contributed by atoms with van der Waals surface area (Å²) >= 11 is 1.67. The number of benzene rings is 1. The molecule has 1 atom stereocenters. The van der Waals surface area contributed by atoms with Crippen LogP contribution < -0.4 is 10.2 Å². The minimum Gasteiger partial charge on any atom is -0.356 e. The number of anilines is 1. The lowest BCUT2D eigenvalue weighted by Crippen LogP contribution is -2.42. The molecule has 7 heteroatoms. The smallest absolute Gasteiger partial charge is 0.223 e. The molecule has 2 saturated heterocycles. The van der Waals surface area contributed by atoms with Crippen LogP contribution in [0.3, 0.4) is 0 Å². The zero-order valence-corrected chi connectivity index (χ0v) is 20.6. The molecule has 4 heterocycles. The van der Waals surface area contributed by atoms with Gasteiger partial charge >= 0.3 is 0 Å². The average Bonchev–Trinajstić information content (AvgIpc) is 3.57. The Kier molecular flexibility index (Phi) is 7.21. The Labute approximate surface area is 206 Å². The Balaban J connectivity index is 1.04. The number of likely N-dealkylation sites (tertiary alicyclic amines) is 1. The molecule has 2 aliphatic heterocycles. The molecule has 2 aliphatic rings. The van der Waals surface area contributed by atoms with Crippen molar-refractivity contribution in [3.63, 3.8) is 0 Å². The first-order chi connectivity index (χ1) is 16.6. The summed E-state index contributed by atoms with van der Waals surface area (Å²) in [6.07, 6.45) is 2.89. The molecule has 1 amide bonds. The van der Waals surface area contributed by atoms with Crippen LogP contribution >= 0.6 is 11.3 Å². The van der Waals surface area contributed by atoms with Gasteiger partial charge in [0.25, 0.3) is 0 Å². The van der Waals surface area contributed by atoms with Gasteiger partial charge in [0.05, 0.1) is 4.88 Å². The first kappa shape index (κ1) is 23.0. The summed E-state index contributed by atoms with van der Waals surface area (Å²) in [5.41, 5.74) is 3.59. The monoisotopic (exact) mass is 475 g/mol. The van der Waals surface area contributed by atoms with E-state index in [2.05, 4.69) is 67.9 Å². The fraction of sp³-hybridized carbons (Fsp3) is 0.444. The lowest BCUT2D eigenvalue weighted by atomic mass is 9.95. The van der Waals surface area contributed by atoms with Crippen molar-refractivity contribution >= 4 is 23.1 Å². The molecule has 0 unspecified atom stereocenters. The minimum atomic E-state index is 0.0969. The first-order valence-corrected chi connectivity index (χ1v) is 13.2. The Bertz CT molecular complexity index is 1060. The summed E-state index contributed by atoms with van der Waals surface area (Å²) in [6, 6.07) is 17.0. The van der Waals surface area contributed by atoms with E-state index >= 15 is 0 Å². The van der Waals surface area contributed by atoms with Gasteiger partial charge < -0.3 is 10.2 Å². The van der Waals surface area contributed by atoms with Gasteiger partial charge in [0.15, 0.2) is 5.82 Å². The van der Waals surface area contributed by atoms with Gasteiger partial charge in [0.1, 0.15) is 5.69 Å². The summed E-state index contributed by atoms with van der Waals surface area (Å²) < 4.78 is 0. The molecule has 3 aromatic rings. The largest absolute Gasteiger partial charge is 0.356 e. The minimum absolute atomic E-state index is 0.0969. The zero-order valence-electron chi connectivity index (χ0n) is 19.8. The van der Waals surface area contributed by atoms with Gasteiger partial charge in [-0.05, 0) is 67.8 Å². The van der Waals surface area contributed by atoms with Crippen molar-refractivity contribution in [2.75, 3.05) is 37.6 Å². The van der Waals surface area contributed by atoms with Gasteiger partial charge in [0, 0.05) is 38.6 Å². The zero-order chi connectivity index (χ0) is 23.3. The summed E-state index contributed by atoms with van der Waals surface area (Å²) in [6.45, 7) is 7.78. The molecule has 1 aromatic carbocycles. The molecule has 34 heavy (non-hydrogen) atoms. The highest BCUT2D eigenvalue weighted by atomic mass is 32.1. The van der Waals surface area contributed by atoms with Gasteiger partial charge in [0.2, 0.25) is 5.91 Å². The van der Waals surface area contributed by atoms with E-state index in [1.165, 1.54) is 11.1 Å². The number of thiophene rings is 1. The highest BCUT2D eigenvalue weighted by Crippen LogP contribution is 2.26. The van der Waals surface area contributed by atoms with Crippen LogP contribution in [0, 0.1) is 18.8 Å². The number of nitrogens with zero attached hydrogens (tertiary/aromatic N) is 4. The molecular weight excluding hydrogens is 442 g/mol. The molecule has 0 radical (unpaired) electrons. The third-order valence-electron chi connectivity index (χ3n) is 7.08. The Hall–Kier alpha value is -2.77. The SMILES string of the molecule is Cc1ccc(CN2CC[C@H](CNC(=O)C3CCN(c4ccc(-c5cccs5)nn4)CC3)C2)cc1. The lowest BCUT2D eigenvalue weighted by molar-refractivity contribution is -0.125. The molecular formula is C27H33N5OS.